The Bertz CT molecular complexity index is 676. The van der Waals surface area contributed by atoms with E-state index in [4.69, 9.17) is 5.26 Å². The summed E-state index contributed by atoms with van der Waals surface area (Å²) in [6.45, 7) is 5.51. The van der Waals surface area contributed by atoms with Gasteiger partial charge in [0.05, 0.1) is 10.3 Å². The highest BCUT2D eigenvalue weighted by atomic mass is 32.1. The predicted octanol–water partition coefficient (Wildman–Crippen LogP) is 3.88. The van der Waals surface area contributed by atoms with Crippen LogP contribution in [0, 0.1) is 11.3 Å². The Kier molecular flexibility index (Phi) is 3.37. The van der Waals surface area contributed by atoms with Gasteiger partial charge < -0.3 is 0 Å². The molecule has 2 aromatic rings. The minimum absolute atomic E-state index is 0.792. The molecular formula is C16H16N2S. The van der Waals surface area contributed by atoms with Crippen molar-refractivity contribution in [2.75, 3.05) is 19.6 Å². The maximum absolute atomic E-state index is 9.16. The number of rotatable bonds is 2. The van der Waals surface area contributed by atoms with Crippen LogP contribution in [0.1, 0.15) is 23.8 Å². The van der Waals surface area contributed by atoms with Crippen molar-refractivity contribution in [2.45, 2.75) is 13.3 Å². The third-order valence-electron chi connectivity index (χ3n) is 3.72. The molecule has 0 spiro atoms. The molecule has 0 fully saturated rings. The summed E-state index contributed by atoms with van der Waals surface area (Å²) in [6.07, 6.45) is 3.45. The molecule has 0 N–H and O–H groups in total. The van der Waals surface area contributed by atoms with E-state index in [9.17, 15) is 0 Å². The maximum atomic E-state index is 9.16. The zero-order valence-corrected chi connectivity index (χ0v) is 11.8. The summed E-state index contributed by atoms with van der Waals surface area (Å²) >= 11 is 1.75. The summed E-state index contributed by atoms with van der Waals surface area (Å²) in [5.74, 6) is 0. The number of nitrogens with zero attached hydrogens (tertiary/aromatic N) is 2. The average molecular weight is 268 g/mol. The molecule has 1 aromatic heterocycles. The fraction of sp³-hybridized carbons (Fsp3) is 0.312. The molecule has 0 amide bonds. The number of hydrogen-bond acceptors (Lipinski definition) is 3. The maximum Gasteiger partial charge on any atom is 0.101 e. The van der Waals surface area contributed by atoms with Gasteiger partial charge in [0.2, 0.25) is 0 Å². The van der Waals surface area contributed by atoms with Crippen LogP contribution >= 0.6 is 11.3 Å². The number of thiophene rings is 1. The number of nitriles is 1. The van der Waals surface area contributed by atoms with Gasteiger partial charge in [-0.1, -0.05) is 25.1 Å². The SMILES string of the molecule is CCN1CC=C(c2cc3cccc(C#N)c3s2)CC1. The molecule has 2 heterocycles. The average Bonchev–Trinajstić information content (AvgIpc) is 2.91. The monoisotopic (exact) mass is 268 g/mol. The van der Waals surface area contributed by atoms with Crippen LogP contribution in [0.5, 0.6) is 0 Å². The first-order valence-electron chi connectivity index (χ1n) is 6.66. The van der Waals surface area contributed by atoms with E-state index in [-0.39, 0.29) is 0 Å². The molecular weight excluding hydrogens is 252 g/mol. The van der Waals surface area contributed by atoms with Crippen LogP contribution in [0.2, 0.25) is 0 Å². The van der Waals surface area contributed by atoms with E-state index in [0.29, 0.717) is 0 Å². The Balaban J connectivity index is 1.99. The van der Waals surface area contributed by atoms with Gasteiger partial charge in [0.25, 0.3) is 0 Å². The normalized spacial score (nSPS) is 16.3. The Morgan fingerprint density at radius 2 is 2.32 bits per heavy atom. The van der Waals surface area contributed by atoms with Gasteiger partial charge >= 0.3 is 0 Å². The van der Waals surface area contributed by atoms with Gasteiger partial charge in [0.1, 0.15) is 6.07 Å². The van der Waals surface area contributed by atoms with Gasteiger partial charge in [-0.15, -0.1) is 11.3 Å². The first-order chi connectivity index (χ1) is 9.31. The fourth-order valence-corrected chi connectivity index (χ4v) is 3.72. The Morgan fingerprint density at radius 3 is 3.00 bits per heavy atom. The second-order valence-corrected chi connectivity index (χ2v) is 5.87. The highest BCUT2D eigenvalue weighted by Crippen LogP contribution is 2.34. The van der Waals surface area contributed by atoms with Crippen LogP contribution in [0.15, 0.2) is 30.3 Å². The third kappa shape index (κ3) is 2.30. The minimum Gasteiger partial charge on any atom is -0.300 e. The first kappa shape index (κ1) is 12.4. The molecule has 0 aliphatic carbocycles. The molecule has 0 unspecified atom stereocenters. The molecule has 96 valence electrons. The summed E-state index contributed by atoms with van der Waals surface area (Å²) < 4.78 is 1.12. The molecule has 3 heteroatoms. The minimum atomic E-state index is 0.792. The van der Waals surface area contributed by atoms with Gasteiger partial charge in [0, 0.05) is 18.0 Å². The molecule has 0 radical (unpaired) electrons. The van der Waals surface area contributed by atoms with E-state index in [0.717, 1.165) is 36.3 Å². The van der Waals surface area contributed by atoms with Crippen LogP contribution in [0.4, 0.5) is 0 Å². The van der Waals surface area contributed by atoms with Crippen LogP contribution < -0.4 is 0 Å². The Morgan fingerprint density at radius 1 is 1.42 bits per heavy atom. The quantitative estimate of drug-likeness (QED) is 0.826. The second-order valence-electron chi connectivity index (χ2n) is 4.82. The summed E-state index contributed by atoms with van der Waals surface area (Å²) in [7, 11) is 0. The van der Waals surface area contributed by atoms with E-state index >= 15 is 0 Å². The lowest BCUT2D eigenvalue weighted by atomic mass is 10.1. The van der Waals surface area contributed by atoms with Gasteiger partial charge in [-0.25, -0.2) is 0 Å². The van der Waals surface area contributed by atoms with E-state index in [1.54, 1.807) is 11.3 Å². The van der Waals surface area contributed by atoms with Crippen molar-refractivity contribution in [3.8, 4) is 6.07 Å². The van der Waals surface area contributed by atoms with Crippen molar-refractivity contribution in [2.24, 2.45) is 0 Å². The first-order valence-corrected chi connectivity index (χ1v) is 7.48. The lowest BCUT2D eigenvalue weighted by molar-refractivity contribution is 0.319. The standard InChI is InChI=1S/C16H16N2S/c1-2-18-8-6-12(7-9-18)15-10-13-4-3-5-14(11-17)16(13)19-15/h3-6,10H,2,7-9H2,1H3. The largest absolute Gasteiger partial charge is 0.300 e. The summed E-state index contributed by atoms with van der Waals surface area (Å²) in [6, 6.07) is 10.5. The molecule has 2 nitrogen and oxygen atoms in total. The van der Waals surface area contributed by atoms with E-state index < -0.39 is 0 Å². The van der Waals surface area contributed by atoms with Crippen LogP contribution in [0.25, 0.3) is 15.7 Å². The number of hydrogen-bond donors (Lipinski definition) is 0. The summed E-state index contributed by atoms with van der Waals surface area (Å²) in [4.78, 5) is 3.77. The molecule has 1 aliphatic rings. The van der Waals surface area contributed by atoms with Crippen LogP contribution in [-0.4, -0.2) is 24.5 Å². The lowest BCUT2D eigenvalue weighted by Crippen LogP contribution is -2.27. The van der Waals surface area contributed by atoms with E-state index in [1.165, 1.54) is 15.8 Å². The Labute approximate surface area is 117 Å². The lowest BCUT2D eigenvalue weighted by Gasteiger charge is -2.24. The van der Waals surface area contributed by atoms with E-state index in [2.05, 4.69) is 36.1 Å². The van der Waals surface area contributed by atoms with Crippen LogP contribution in [-0.2, 0) is 0 Å². The molecule has 3 rings (SSSR count). The van der Waals surface area contributed by atoms with Crippen molar-refractivity contribution in [1.82, 2.24) is 4.90 Å². The smallest absolute Gasteiger partial charge is 0.101 e. The van der Waals surface area contributed by atoms with Crippen molar-refractivity contribution >= 4 is 27.0 Å². The van der Waals surface area contributed by atoms with Gasteiger partial charge in [-0.05, 0) is 36.1 Å². The zero-order chi connectivity index (χ0) is 13.2. The predicted molar refractivity (Wildman–Crippen MR) is 81.2 cm³/mol. The molecule has 0 saturated carbocycles. The summed E-state index contributed by atoms with van der Waals surface area (Å²) in [5.41, 5.74) is 2.23. The number of likely N-dealkylation sites (N-methyl/N-ethyl adjacent to an activating group) is 1. The molecule has 0 atom stereocenters. The Hall–Kier alpha value is -1.63. The van der Waals surface area contributed by atoms with Gasteiger partial charge in [-0.3, -0.25) is 4.90 Å². The molecule has 19 heavy (non-hydrogen) atoms. The van der Waals surface area contributed by atoms with Gasteiger partial charge in [-0.2, -0.15) is 5.26 Å². The zero-order valence-electron chi connectivity index (χ0n) is 11.0. The highest BCUT2D eigenvalue weighted by Gasteiger charge is 2.14. The molecule has 1 aromatic carbocycles. The topological polar surface area (TPSA) is 27.0 Å². The van der Waals surface area contributed by atoms with Gasteiger partial charge in [0.15, 0.2) is 0 Å². The molecule has 0 saturated heterocycles. The highest BCUT2D eigenvalue weighted by molar-refractivity contribution is 7.20. The van der Waals surface area contributed by atoms with Crippen molar-refractivity contribution < 1.29 is 0 Å². The number of fused-ring (bicyclic) bond motifs is 1. The van der Waals surface area contributed by atoms with Crippen LogP contribution in [0.3, 0.4) is 0 Å². The van der Waals surface area contributed by atoms with Crippen molar-refractivity contribution in [1.29, 1.82) is 5.26 Å². The summed E-state index contributed by atoms with van der Waals surface area (Å²) in [5, 5.41) is 10.3. The van der Waals surface area contributed by atoms with E-state index in [1.807, 2.05) is 12.1 Å². The molecule has 1 aliphatic heterocycles. The van der Waals surface area contributed by atoms with Crippen molar-refractivity contribution in [3.05, 3.63) is 40.8 Å². The third-order valence-corrected chi connectivity index (χ3v) is 4.98. The fourth-order valence-electron chi connectivity index (χ4n) is 2.53. The molecule has 0 bridgehead atoms. The van der Waals surface area contributed by atoms with Crippen molar-refractivity contribution in [3.63, 3.8) is 0 Å². The second kappa shape index (κ2) is 5.16. The number of benzene rings is 1.